The van der Waals surface area contributed by atoms with Gasteiger partial charge < -0.3 is 24.4 Å². The average molecular weight is 523 g/mol. The molecule has 12 nitrogen and oxygen atoms in total. The molecular formula is C26H30N6O6. The quantitative estimate of drug-likeness (QED) is 0.189. The number of esters is 3. The fourth-order valence-electron chi connectivity index (χ4n) is 2.51. The Kier molecular flexibility index (Phi) is 18.5. The summed E-state index contributed by atoms with van der Waals surface area (Å²) >= 11 is 0. The number of hydrogen-bond acceptors (Lipinski definition) is 10. The highest BCUT2D eigenvalue weighted by molar-refractivity contribution is 6.24. The first-order chi connectivity index (χ1) is 18.4. The number of rotatable bonds is 7. The van der Waals surface area contributed by atoms with Crippen molar-refractivity contribution in [3.63, 3.8) is 0 Å². The van der Waals surface area contributed by atoms with Crippen molar-refractivity contribution in [1.29, 1.82) is 5.26 Å². The number of nitrogens with zero attached hydrogens (tertiary/aromatic N) is 5. The summed E-state index contributed by atoms with van der Waals surface area (Å²) in [6.07, 6.45) is 2.80. The molecule has 0 bridgehead atoms. The monoisotopic (exact) mass is 522 g/mol. The van der Waals surface area contributed by atoms with Crippen LogP contribution < -0.4 is 5.32 Å². The van der Waals surface area contributed by atoms with E-state index in [9.17, 15) is 14.4 Å². The van der Waals surface area contributed by atoms with Crippen LogP contribution in [0.1, 0.15) is 38.3 Å². The fraction of sp³-hybridized carbons (Fsp3) is 0.385. The molecule has 0 aromatic heterocycles. The lowest BCUT2D eigenvalue weighted by atomic mass is 10.1. The van der Waals surface area contributed by atoms with Crippen molar-refractivity contribution in [3.05, 3.63) is 69.6 Å². The van der Waals surface area contributed by atoms with Crippen molar-refractivity contribution in [2.24, 2.45) is 9.98 Å². The van der Waals surface area contributed by atoms with Gasteiger partial charge in [0.25, 0.3) is 5.70 Å². The first kappa shape index (κ1) is 33.0. The molecule has 0 unspecified atom stereocenters. The molecule has 0 radical (unpaired) electrons. The van der Waals surface area contributed by atoms with Crippen LogP contribution in [0, 0.1) is 24.5 Å². The van der Waals surface area contributed by atoms with Crippen LogP contribution in [0.25, 0.3) is 9.69 Å². The fourth-order valence-corrected chi connectivity index (χ4v) is 2.51. The maximum Gasteiger partial charge on any atom is 0.350 e. The van der Waals surface area contributed by atoms with Gasteiger partial charge in [0, 0.05) is 12.8 Å². The van der Waals surface area contributed by atoms with Crippen molar-refractivity contribution in [2.75, 3.05) is 33.0 Å². The van der Waals surface area contributed by atoms with Crippen molar-refractivity contribution in [1.82, 2.24) is 5.32 Å². The van der Waals surface area contributed by atoms with Gasteiger partial charge >= 0.3 is 17.9 Å². The molecule has 2 heterocycles. The number of cyclic esters (lactones) is 1. The highest BCUT2D eigenvalue weighted by Gasteiger charge is 2.10. The number of carbonyl (C=O) groups excluding carboxylic acids is 3. The number of ether oxygens (including phenoxy) is 3. The van der Waals surface area contributed by atoms with Crippen molar-refractivity contribution in [2.45, 2.75) is 33.7 Å². The Balaban J connectivity index is 0.000000491. The number of nitriles is 1. The van der Waals surface area contributed by atoms with Gasteiger partial charge in [0.15, 0.2) is 6.73 Å². The Hall–Kier alpha value is -5.02. The molecule has 2 aliphatic rings. The molecule has 0 saturated heterocycles. The van der Waals surface area contributed by atoms with E-state index in [2.05, 4.69) is 51.3 Å². The SMILES string of the molecule is C1=NCc2ccccc21.CCOC(=O)CC(=O)OCC.O=C1C=NCO1.[C-]#[N+]C/C(NCC)=C(/C#N)[N+]#[C-]. The molecule has 0 fully saturated rings. The van der Waals surface area contributed by atoms with Crippen molar-refractivity contribution < 1.29 is 28.6 Å². The number of benzene rings is 1. The molecule has 1 aromatic carbocycles. The van der Waals surface area contributed by atoms with E-state index in [1.165, 1.54) is 17.3 Å². The second-order valence-corrected chi connectivity index (χ2v) is 6.76. The minimum Gasteiger partial charge on any atom is -0.466 e. The van der Waals surface area contributed by atoms with Gasteiger partial charge in [-0.3, -0.25) is 14.6 Å². The Bertz CT molecular complexity index is 1110. The van der Waals surface area contributed by atoms with E-state index in [1.807, 2.05) is 25.3 Å². The van der Waals surface area contributed by atoms with Crippen LogP contribution in [0.5, 0.6) is 0 Å². The summed E-state index contributed by atoms with van der Waals surface area (Å²) in [5.41, 5.74) is 3.02. The summed E-state index contributed by atoms with van der Waals surface area (Å²) in [5.74, 6) is -1.41. The Morgan fingerprint density at radius 1 is 1.11 bits per heavy atom. The van der Waals surface area contributed by atoms with Crippen molar-refractivity contribution in [3.8, 4) is 6.07 Å². The number of likely N-dealkylation sites (N-methyl/N-ethyl adjacent to an activating group) is 1. The van der Waals surface area contributed by atoms with E-state index < -0.39 is 11.9 Å². The molecule has 12 heteroatoms. The van der Waals surface area contributed by atoms with E-state index in [0.717, 1.165) is 6.54 Å². The van der Waals surface area contributed by atoms with E-state index in [0.29, 0.717) is 12.2 Å². The van der Waals surface area contributed by atoms with Gasteiger partial charge in [0.05, 0.1) is 32.4 Å². The second-order valence-electron chi connectivity index (χ2n) is 6.76. The minimum absolute atomic E-state index is 0.0205. The predicted molar refractivity (Wildman–Crippen MR) is 139 cm³/mol. The minimum atomic E-state index is -0.536. The third-order valence-electron chi connectivity index (χ3n) is 4.06. The lowest BCUT2D eigenvalue weighted by Crippen LogP contribution is -2.15. The maximum atomic E-state index is 10.6. The normalized spacial score (nSPS) is 11.9. The zero-order chi connectivity index (χ0) is 28.6. The lowest BCUT2D eigenvalue weighted by Gasteiger charge is -2.01. The van der Waals surface area contributed by atoms with E-state index in [-0.39, 0.29) is 44.6 Å². The van der Waals surface area contributed by atoms with Crippen LogP contribution >= 0.6 is 0 Å². The molecule has 3 rings (SSSR count). The predicted octanol–water partition coefficient (Wildman–Crippen LogP) is 2.86. The van der Waals surface area contributed by atoms with Crippen LogP contribution in [0.4, 0.5) is 0 Å². The lowest BCUT2D eigenvalue weighted by molar-refractivity contribution is -0.154. The standard InChI is InChI=1S/C8H8N4.C8H7N.C7H12O4.C3H3NO2/c1-4-12-8(6-10-2)7(5-9)11-3;1-2-4-8-6-9-5-7(8)3-1;1-3-10-6(8)5-7(9)11-4-2;5-3-1-4-2-6-3/h12H,4,6H2,1H3;1-5H,6H2;3-5H2,1-2H3;1H,2H2/b8-7+;;;. The number of fused-ring (bicyclic) bond motifs is 1. The number of allylic oxidation sites excluding steroid dienone is 1. The first-order valence-corrected chi connectivity index (χ1v) is 11.5. The number of aliphatic imine (C=N–C) groups is 2. The summed E-state index contributed by atoms with van der Waals surface area (Å²) in [4.78, 5) is 44.8. The van der Waals surface area contributed by atoms with Crippen molar-refractivity contribution >= 4 is 30.3 Å². The molecule has 0 atom stereocenters. The number of carbonyl (C=O) groups is 3. The second kappa shape index (κ2) is 21.3. The largest absolute Gasteiger partial charge is 0.466 e. The molecule has 1 N–H and O–H groups in total. The molecule has 0 amide bonds. The third kappa shape index (κ3) is 15.1. The summed E-state index contributed by atoms with van der Waals surface area (Å²) in [6, 6.07) is 10.0. The van der Waals surface area contributed by atoms with E-state index in [1.54, 1.807) is 19.9 Å². The zero-order valence-corrected chi connectivity index (χ0v) is 21.6. The van der Waals surface area contributed by atoms with Gasteiger partial charge in [-0.1, -0.05) is 24.3 Å². The molecule has 38 heavy (non-hydrogen) atoms. The molecule has 0 aliphatic carbocycles. The molecule has 200 valence electrons. The summed E-state index contributed by atoms with van der Waals surface area (Å²) in [5, 5.41) is 11.3. The Morgan fingerprint density at radius 3 is 2.18 bits per heavy atom. The molecule has 0 saturated carbocycles. The summed E-state index contributed by atoms with van der Waals surface area (Å²) < 4.78 is 13.3. The van der Waals surface area contributed by atoms with Gasteiger partial charge in [-0.05, 0) is 31.9 Å². The maximum absolute atomic E-state index is 10.6. The third-order valence-corrected chi connectivity index (χ3v) is 4.06. The van der Waals surface area contributed by atoms with Gasteiger partial charge in [-0.2, -0.15) is 0 Å². The molecular weight excluding hydrogens is 492 g/mol. The average Bonchev–Trinajstić information content (AvgIpc) is 3.58. The molecule has 0 spiro atoms. The van der Waals surface area contributed by atoms with Crippen LogP contribution in [0.15, 0.2) is 45.6 Å². The Morgan fingerprint density at radius 2 is 1.76 bits per heavy atom. The van der Waals surface area contributed by atoms with Crippen LogP contribution in [-0.4, -0.2) is 63.4 Å². The zero-order valence-electron chi connectivity index (χ0n) is 21.6. The van der Waals surface area contributed by atoms with Gasteiger partial charge in [0.1, 0.15) is 18.3 Å². The summed E-state index contributed by atoms with van der Waals surface area (Å²) in [7, 11) is 0. The number of hydrogen-bond donors (Lipinski definition) is 1. The topological polar surface area (TPSA) is 148 Å². The van der Waals surface area contributed by atoms with Gasteiger partial charge in [-0.15, -0.1) is 0 Å². The van der Waals surface area contributed by atoms with Crippen LogP contribution in [0.3, 0.4) is 0 Å². The highest BCUT2D eigenvalue weighted by atomic mass is 16.6. The molecule has 1 aromatic rings. The van der Waals surface area contributed by atoms with Crippen LogP contribution in [-0.2, 0) is 35.1 Å². The van der Waals surface area contributed by atoms with E-state index in [4.69, 9.17) is 18.4 Å². The van der Waals surface area contributed by atoms with Gasteiger partial charge in [-0.25, -0.2) is 26.5 Å². The van der Waals surface area contributed by atoms with Gasteiger partial charge in [0.2, 0.25) is 6.54 Å². The molecule has 2 aliphatic heterocycles. The van der Waals surface area contributed by atoms with E-state index >= 15 is 0 Å². The highest BCUT2D eigenvalue weighted by Crippen LogP contribution is 2.12. The summed E-state index contributed by atoms with van der Waals surface area (Å²) in [6.45, 7) is 20.8. The smallest absolute Gasteiger partial charge is 0.350 e. The number of nitrogens with one attached hydrogen (secondary N) is 1. The first-order valence-electron chi connectivity index (χ1n) is 11.5. The van der Waals surface area contributed by atoms with Crippen LogP contribution in [0.2, 0.25) is 0 Å². The Labute approximate surface area is 222 Å².